The molecule has 2 heterocycles. The van der Waals surface area contributed by atoms with Crippen LogP contribution in [0.1, 0.15) is 5.56 Å². The number of imide groups is 1. The van der Waals surface area contributed by atoms with E-state index >= 15 is 0 Å². The first kappa shape index (κ1) is 16.6. The fourth-order valence-corrected chi connectivity index (χ4v) is 3.93. The molecule has 0 aromatic heterocycles. The SMILES string of the molecule is COC(=O)C1SCC2C(=O)N(c3cccc(C(F)(F)F)c3)C(=O)N21. The van der Waals surface area contributed by atoms with E-state index in [-0.39, 0.29) is 11.4 Å². The number of hydrogen-bond acceptors (Lipinski definition) is 5. The molecule has 0 saturated carbocycles. The Hall–Kier alpha value is -2.23. The maximum atomic E-state index is 12.8. The molecule has 0 spiro atoms. The van der Waals surface area contributed by atoms with Gasteiger partial charge in [0.15, 0.2) is 5.37 Å². The minimum atomic E-state index is -4.59. The van der Waals surface area contributed by atoms with Gasteiger partial charge in [-0.25, -0.2) is 14.5 Å². The van der Waals surface area contributed by atoms with Gasteiger partial charge in [-0.3, -0.25) is 9.69 Å². The number of halogens is 3. The highest BCUT2D eigenvalue weighted by molar-refractivity contribution is 8.00. The number of nitrogens with zero attached hydrogens (tertiary/aromatic N) is 2. The summed E-state index contributed by atoms with van der Waals surface area (Å²) in [6.45, 7) is 0. The number of hydrogen-bond donors (Lipinski definition) is 0. The van der Waals surface area contributed by atoms with Gasteiger partial charge in [-0.1, -0.05) is 6.07 Å². The first-order valence-electron chi connectivity index (χ1n) is 6.78. The van der Waals surface area contributed by atoms with Crippen LogP contribution in [0.25, 0.3) is 0 Å². The van der Waals surface area contributed by atoms with Crippen molar-refractivity contribution in [2.24, 2.45) is 0 Å². The molecule has 1 aromatic carbocycles. The predicted molar refractivity (Wildman–Crippen MR) is 78.2 cm³/mol. The summed E-state index contributed by atoms with van der Waals surface area (Å²) in [5.74, 6) is -1.16. The Balaban J connectivity index is 1.95. The fraction of sp³-hybridized carbons (Fsp3) is 0.357. The molecular formula is C14H11F3N2O4S. The summed E-state index contributed by atoms with van der Waals surface area (Å²) in [5.41, 5.74) is -1.14. The molecule has 3 amide bonds. The number of rotatable bonds is 2. The van der Waals surface area contributed by atoms with Crippen molar-refractivity contribution in [2.45, 2.75) is 17.6 Å². The Morgan fingerprint density at radius 3 is 2.67 bits per heavy atom. The van der Waals surface area contributed by atoms with Crippen molar-refractivity contribution in [3.63, 3.8) is 0 Å². The number of fused-ring (bicyclic) bond motifs is 1. The predicted octanol–water partition coefficient (Wildman–Crippen LogP) is 2.09. The number of alkyl halides is 3. The van der Waals surface area contributed by atoms with Gasteiger partial charge in [0, 0.05) is 5.75 Å². The fourth-order valence-electron chi connectivity index (χ4n) is 2.63. The largest absolute Gasteiger partial charge is 0.467 e. The molecule has 128 valence electrons. The molecule has 6 nitrogen and oxygen atoms in total. The van der Waals surface area contributed by atoms with Gasteiger partial charge in [0.25, 0.3) is 5.91 Å². The standard InChI is InChI=1S/C14H11F3N2O4S/c1-23-12(21)11-19-9(6-24-11)10(20)18(13(19)22)8-4-2-3-7(5-8)14(15,16)17/h2-5,9,11H,6H2,1H3. The molecular weight excluding hydrogens is 349 g/mol. The van der Waals surface area contributed by atoms with E-state index in [2.05, 4.69) is 4.74 Å². The molecule has 1 aromatic rings. The zero-order chi connectivity index (χ0) is 17.6. The minimum Gasteiger partial charge on any atom is -0.467 e. The number of anilines is 1. The molecule has 2 fully saturated rings. The maximum Gasteiger partial charge on any atom is 0.416 e. The minimum absolute atomic E-state index is 0.178. The number of urea groups is 1. The van der Waals surface area contributed by atoms with Gasteiger partial charge in [0.2, 0.25) is 0 Å². The summed E-state index contributed by atoms with van der Waals surface area (Å²) in [6.07, 6.45) is -4.59. The second-order valence-corrected chi connectivity index (χ2v) is 6.25. The molecule has 10 heteroatoms. The monoisotopic (exact) mass is 360 g/mol. The second kappa shape index (κ2) is 5.69. The van der Waals surface area contributed by atoms with Crippen LogP contribution in [0.4, 0.5) is 23.7 Å². The van der Waals surface area contributed by atoms with Crippen molar-refractivity contribution >= 4 is 35.4 Å². The maximum absolute atomic E-state index is 12.8. The van der Waals surface area contributed by atoms with Gasteiger partial charge in [-0.15, -0.1) is 11.8 Å². The third-order valence-corrected chi connectivity index (χ3v) is 5.00. The van der Waals surface area contributed by atoms with E-state index in [9.17, 15) is 27.6 Å². The Labute approximate surface area is 138 Å². The topological polar surface area (TPSA) is 66.9 Å². The lowest BCUT2D eigenvalue weighted by Crippen LogP contribution is -2.41. The van der Waals surface area contributed by atoms with Crippen molar-refractivity contribution in [3.05, 3.63) is 29.8 Å². The van der Waals surface area contributed by atoms with Crippen molar-refractivity contribution in [3.8, 4) is 0 Å². The number of esters is 1. The lowest BCUT2D eigenvalue weighted by atomic mass is 10.2. The number of methoxy groups -OCH3 is 1. The van der Waals surface area contributed by atoms with E-state index in [0.29, 0.717) is 4.90 Å². The van der Waals surface area contributed by atoms with Crippen molar-refractivity contribution in [1.82, 2.24) is 4.90 Å². The summed E-state index contributed by atoms with van der Waals surface area (Å²) in [6, 6.07) is 2.23. The van der Waals surface area contributed by atoms with Crippen LogP contribution in [0, 0.1) is 0 Å². The van der Waals surface area contributed by atoms with Gasteiger partial charge in [-0.2, -0.15) is 13.2 Å². The van der Waals surface area contributed by atoms with Crippen molar-refractivity contribution in [2.75, 3.05) is 17.8 Å². The number of amides is 3. The summed E-state index contributed by atoms with van der Waals surface area (Å²) < 4.78 is 43.1. The molecule has 0 radical (unpaired) electrons. The van der Waals surface area contributed by atoms with Gasteiger partial charge in [-0.05, 0) is 18.2 Å². The van der Waals surface area contributed by atoms with Crippen LogP contribution >= 0.6 is 11.8 Å². The lowest BCUT2D eigenvalue weighted by Gasteiger charge is -2.21. The third kappa shape index (κ3) is 2.50. The van der Waals surface area contributed by atoms with Crippen LogP contribution in [-0.2, 0) is 20.5 Å². The number of carbonyl (C=O) groups is 3. The molecule has 2 aliphatic rings. The summed E-state index contributed by atoms with van der Waals surface area (Å²) in [7, 11) is 1.16. The number of ether oxygens (including phenoxy) is 1. The molecule has 2 saturated heterocycles. The van der Waals surface area contributed by atoms with E-state index in [1.165, 1.54) is 6.07 Å². The second-order valence-electron chi connectivity index (χ2n) is 5.14. The van der Waals surface area contributed by atoms with Crippen LogP contribution in [0.15, 0.2) is 24.3 Å². The molecule has 3 rings (SSSR count). The van der Waals surface area contributed by atoms with Crippen LogP contribution in [-0.4, -0.2) is 47.1 Å². The highest BCUT2D eigenvalue weighted by Gasteiger charge is 2.55. The number of thioether (sulfide) groups is 1. The highest BCUT2D eigenvalue weighted by Crippen LogP contribution is 2.39. The van der Waals surface area contributed by atoms with E-state index in [4.69, 9.17) is 0 Å². The Kier molecular flexibility index (Phi) is 3.94. The Morgan fingerprint density at radius 1 is 1.33 bits per heavy atom. The van der Waals surface area contributed by atoms with Gasteiger partial charge in [0.05, 0.1) is 18.4 Å². The van der Waals surface area contributed by atoms with Crippen LogP contribution in [0.2, 0.25) is 0 Å². The molecule has 24 heavy (non-hydrogen) atoms. The van der Waals surface area contributed by atoms with Crippen molar-refractivity contribution in [1.29, 1.82) is 0 Å². The third-order valence-electron chi connectivity index (χ3n) is 3.75. The zero-order valence-electron chi connectivity index (χ0n) is 12.2. The molecule has 2 atom stereocenters. The first-order valence-corrected chi connectivity index (χ1v) is 7.83. The quantitative estimate of drug-likeness (QED) is 0.597. The normalized spacial score (nSPS) is 23.7. The van der Waals surface area contributed by atoms with E-state index in [1.54, 1.807) is 0 Å². The summed E-state index contributed by atoms with van der Waals surface area (Å²) in [5, 5.41) is -0.979. The Bertz CT molecular complexity index is 724. The van der Waals surface area contributed by atoms with Gasteiger partial charge in [0.1, 0.15) is 6.04 Å². The van der Waals surface area contributed by atoms with Crippen LogP contribution in [0.3, 0.4) is 0 Å². The average Bonchev–Trinajstić information content (AvgIpc) is 3.07. The zero-order valence-corrected chi connectivity index (χ0v) is 13.1. The first-order chi connectivity index (χ1) is 11.3. The molecule has 0 N–H and O–H groups in total. The highest BCUT2D eigenvalue weighted by atomic mass is 32.2. The molecule has 0 aliphatic carbocycles. The summed E-state index contributed by atoms with van der Waals surface area (Å²) in [4.78, 5) is 38.4. The average molecular weight is 360 g/mol. The van der Waals surface area contributed by atoms with Gasteiger partial charge < -0.3 is 4.74 Å². The van der Waals surface area contributed by atoms with E-state index < -0.39 is 41.1 Å². The van der Waals surface area contributed by atoms with E-state index in [1.807, 2.05) is 0 Å². The van der Waals surface area contributed by atoms with Gasteiger partial charge >= 0.3 is 18.2 Å². The lowest BCUT2D eigenvalue weighted by molar-refractivity contribution is -0.142. The smallest absolute Gasteiger partial charge is 0.416 e. The van der Waals surface area contributed by atoms with Crippen LogP contribution < -0.4 is 4.90 Å². The molecule has 0 bridgehead atoms. The molecule has 2 unspecified atom stereocenters. The van der Waals surface area contributed by atoms with Crippen molar-refractivity contribution < 1.29 is 32.3 Å². The van der Waals surface area contributed by atoms with Crippen LogP contribution in [0.5, 0.6) is 0 Å². The number of carbonyl (C=O) groups excluding carboxylic acids is 3. The van der Waals surface area contributed by atoms with E-state index in [0.717, 1.165) is 42.0 Å². The number of benzene rings is 1. The molecule has 2 aliphatic heterocycles. The summed E-state index contributed by atoms with van der Waals surface area (Å²) >= 11 is 1.08. The Morgan fingerprint density at radius 2 is 2.04 bits per heavy atom.